The highest BCUT2D eigenvalue weighted by molar-refractivity contribution is 7.92. The highest BCUT2D eigenvalue weighted by Crippen LogP contribution is 2.24. The topological polar surface area (TPSA) is 84.9 Å². The van der Waals surface area contributed by atoms with Crippen molar-refractivity contribution in [1.82, 2.24) is 5.32 Å². The molecule has 0 bridgehead atoms. The zero-order chi connectivity index (χ0) is 22.1. The van der Waals surface area contributed by atoms with Crippen LogP contribution in [0.4, 0.5) is 5.69 Å². The van der Waals surface area contributed by atoms with Gasteiger partial charge in [0.15, 0.2) is 0 Å². The Labute approximate surface area is 179 Å². The molecule has 0 aromatic heterocycles. The van der Waals surface area contributed by atoms with Gasteiger partial charge in [0.05, 0.1) is 25.7 Å². The van der Waals surface area contributed by atoms with E-state index in [1.54, 1.807) is 38.3 Å². The van der Waals surface area contributed by atoms with Gasteiger partial charge in [-0.15, -0.1) is 0 Å². The number of anilines is 1. The first-order chi connectivity index (χ1) is 14.3. The van der Waals surface area contributed by atoms with Crippen LogP contribution in [-0.4, -0.2) is 46.9 Å². The van der Waals surface area contributed by atoms with Gasteiger partial charge in [0.2, 0.25) is 15.9 Å². The molecule has 0 saturated carbocycles. The second-order valence-corrected chi connectivity index (χ2v) is 8.73. The average molecular weight is 435 g/mol. The van der Waals surface area contributed by atoms with Crippen molar-refractivity contribution >= 4 is 21.6 Å². The fraction of sp³-hybridized carbons (Fsp3) is 0.409. The van der Waals surface area contributed by atoms with E-state index in [1.807, 2.05) is 31.2 Å². The van der Waals surface area contributed by atoms with Gasteiger partial charge in [-0.3, -0.25) is 9.10 Å². The van der Waals surface area contributed by atoms with Crippen LogP contribution in [0.3, 0.4) is 0 Å². The van der Waals surface area contributed by atoms with Crippen molar-refractivity contribution in [2.24, 2.45) is 0 Å². The van der Waals surface area contributed by atoms with Gasteiger partial charge in [-0.1, -0.05) is 18.2 Å². The molecule has 0 saturated heterocycles. The number of carbonyl (C=O) groups excluding carboxylic acids is 1. The summed E-state index contributed by atoms with van der Waals surface area (Å²) in [6.45, 7) is 4.40. The van der Waals surface area contributed by atoms with Crippen molar-refractivity contribution in [1.29, 1.82) is 0 Å². The third-order valence-corrected chi connectivity index (χ3v) is 5.85. The van der Waals surface area contributed by atoms with Crippen LogP contribution in [0, 0.1) is 0 Å². The van der Waals surface area contributed by atoms with E-state index in [1.165, 1.54) is 0 Å². The van der Waals surface area contributed by atoms with Crippen molar-refractivity contribution < 1.29 is 22.7 Å². The fourth-order valence-electron chi connectivity index (χ4n) is 3.21. The minimum atomic E-state index is -3.65. The van der Waals surface area contributed by atoms with Crippen LogP contribution in [0.1, 0.15) is 25.8 Å². The van der Waals surface area contributed by atoms with Crippen LogP contribution in [0.2, 0.25) is 0 Å². The Hall–Kier alpha value is -2.74. The molecule has 0 heterocycles. The average Bonchev–Trinajstić information content (AvgIpc) is 2.72. The first kappa shape index (κ1) is 23.5. The summed E-state index contributed by atoms with van der Waals surface area (Å²) in [5, 5.41) is 2.83. The number of hydrogen-bond donors (Lipinski definition) is 1. The number of para-hydroxylation sites is 1. The quantitative estimate of drug-likeness (QED) is 0.550. The molecule has 30 heavy (non-hydrogen) atoms. The Kier molecular flexibility index (Phi) is 8.53. The van der Waals surface area contributed by atoms with Gasteiger partial charge in [-0.25, -0.2) is 8.42 Å². The molecule has 2 aromatic rings. The molecule has 0 aliphatic carbocycles. The van der Waals surface area contributed by atoms with Crippen LogP contribution in [0.5, 0.6) is 11.5 Å². The third-order valence-electron chi connectivity index (χ3n) is 4.61. The maximum absolute atomic E-state index is 12.6. The lowest BCUT2D eigenvalue weighted by atomic mass is 10.1. The van der Waals surface area contributed by atoms with E-state index in [0.717, 1.165) is 28.3 Å². The molecule has 0 spiro atoms. The molecule has 2 aromatic carbocycles. The number of benzene rings is 2. The largest absolute Gasteiger partial charge is 0.496 e. The summed E-state index contributed by atoms with van der Waals surface area (Å²) in [6.07, 6.45) is 2.54. The summed E-state index contributed by atoms with van der Waals surface area (Å²) in [5.41, 5.74) is 1.48. The number of ether oxygens (including phenoxy) is 2. The van der Waals surface area contributed by atoms with Crippen molar-refractivity contribution in [3.8, 4) is 11.5 Å². The molecular formula is C22H30N2O5S. The predicted octanol–water partition coefficient (Wildman–Crippen LogP) is 3.00. The van der Waals surface area contributed by atoms with Crippen LogP contribution in [0.15, 0.2) is 48.5 Å². The minimum Gasteiger partial charge on any atom is -0.496 e. The normalized spacial score (nSPS) is 12.1. The second-order valence-electron chi connectivity index (χ2n) is 6.87. The second kappa shape index (κ2) is 10.9. The summed E-state index contributed by atoms with van der Waals surface area (Å²) in [6, 6.07) is 13.5. The molecule has 164 valence electrons. The maximum Gasteiger partial charge on any atom is 0.243 e. The van der Waals surface area contributed by atoms with Gasteiger partial charge >= 0.3 is 0 Å². The van der Waals surface area contributed by atoms with E-state index in [9.17, 15) is 13.2 Å². The van der Waals surface area contributed by atoms with Gasteiger partial charge in [-0.2, -0.15) is 0 Å². The number of sulfonamides is 1. The SMILES string of the molecule is CCOc1ccc(N(C(C)C(=O)NCCCc2ccccc2OC)S(C)(=O)=O)cc1. The van der Waals surface area contributed by atoms with Crippen molar-refractivity contribution in [3.05, 3.63) is 54.1 Å². The summed E-state index contributed by atoms with van der Waals surface area (Å²) in [4.78, 5) is 12.6. The number of hydrogen-bond acceptors (Lipinski definition) is 5. The van der Waals surface area contributed by atoms with E-state index < -0.39 is 16.1 Å². The molecule has 0 aliphatic heterocycles. The Morgan fingerprint density at radius 2 is 1.80 bits per heavy atom. The lowest BCUT2D eigenvalue weighted by Crippen LogP contribution is -2.48. The van der Waals surface area contributed by atoms with Gasteiger partial charge < -0.3 is 14.8 Å². The Morgan fingerprint density at radius 1 is 1.13 bits per heavy atom. The van der Waals surface area contributed by atoms with E-state index in [4.69, 9.17) is 9.47 Å². The standard InChI is InChI=1S/C22H30N2O5S/c1-5-29-20-14-12-19(13-15-20)24(30(4,26)27)17(2)22(25)23-16-8-10-18-9-6-7-11-21(18)28-3/h6-7,9,11-15,17H,5,8,10,16H2,1-4H3,(H,23,25). The lowest BCUT2D eigenvalue weighted by Gasteiger charge is -2.28. The molecule has 1 N–H and O–H groups in total. The zero-order valence-electron chi connectivity index (χ0n) is 17.9. The van der Waals surface area contributed by atoms with Gasteiger partial charge in [-0.05, 0) is 62.6 Å². The molecule has 0 radical (unpaired) electrons. The Morgan fingerprint density at radius 3 is 2.40 bits per heavy atom. The number of amides is 1. The molecule has 8 heteroatoms. The van der Waals surface area contributed by atoms with Gasteiger partial charge in [0, 0.05) is 6.54 Å². The van der Waals surface area contributed by atoms with E-state index >= 15 is 0 Å². The molecule has 1 amide bonds. The van der Waals surface area contributed by atoms with Crippen molar-refractivity contribution in [2.45, 2.75) is 32.7 Å². The first-order valence-corrected chi connectivity index (χ1v) is 11.7. The number of nitrogens with one attached hydrogen (secondary N) is 1. The maximum atomic E-state index is 12.6. The molecular weight excluding hydrogens is 404 g/mol. The number of methoxy groups -OCH3 is 1. The predicted molar refractivity (Wildman–Crippen MR) is 119 cm³/mol. The van der Waals surface area contributed by atoms with Crippen LogP contribution >= 0.6 is 0 Å². The first-order valence-electron chi connectivity index (χ1n) is 9.89. The highest BCUT2D eigenvalue weighted by atomic mass is 32.2. The van der Waals surface area contributed by atoms with E-state index in [2.05, 4.69) is 5.32 Å². The molecule has 0 fully saturated rings. The van der Waals surface area contributed by atoms with Crippen molar-refractivity contribution in [3.63, 3.8) is 0 Å². The Balaban J connectivity index is 2.00. The molecule has 0 aliphatic rings. The van der Waals surface area contributed by atoms with Crippen LogP contribution in [0.25, 0.3) is 0 Å². The molecule has 1 atom stereocenters. The zero-order valence-corrected chi connectivity index (χ0v) is 18.7. The third kappa shape index (κ3) is 6.38. The lowest BCUT2D eigenvalue weighted by molar-refractivity contribution is -0.121. The fourth-order valence-corrected chi connectivity index (χ4v) is 4.39. The summed E-state index contributed by atoms with van der Waals surface area (Å²) >= 11 is 0. The number of rotatable bonds is 11. The monoisotopic (exact) mass is 434 g/mol. The molecule has 1 unspecified atom stereocenters. The van der Waals surface area contributed by atoms with Crippen molar-refractivity contribution in [2.75, 3.05) is 30.8 Å². The molecule has 7 nitrogen and oxygen atoms in total. The minimum absolute atomic E-state index is 0.352. The summed E-state index contributed by atoms with van der Waals surface area (Å²) < 4.78 is 36.6. The molecule has 2 rings (SSSR count). The summed E-state index contributed by atoms with van der Waals surface area (Å²) in [7, 11) is -2.03. The summed E-state index contributed by atoms with van der Waals surface area (Å²) in [5.74, 6) is 1.11. The van der Waals surface area contributed by atoms with E-state index in [0.29, 0.717) is 31.0 Å². The van der Waals surface area contributed by atoms with Gasteiger partial charge in [0.1, 0.15) is 17.5 Å². The van der Waals surface area contributed by atoms with Crippen LogP contribution < -0.4 is 19.1 Å². The van der Waals surface area contributed by atoms with E-state index in [-0.39, 0.29) is 5.91 Å². The number of aryl methyl sites for hydroxylation is 1. The van der Waals surface area contributed by atoms with Crippen LogP contribution in [-0.2, 0) is 21.2 Å². The Bertz CT molecular complexity index is 929. The highest BCUT2D eigenvalue weighted by Gasteiger charge is 2.28. The smallest absolute Gasteiger partial charge is 0.243 e. The number of nitrogens with zero attached hydrogens (tertiary/aromatic N) is 1. The van der Waals surface area contributed by atoms with Gasteiger partial charge in [0.25, 0.3) is 0 Å². The number of carbonyl (C=O) groups is 1.